The van der Waals surface area contributed by atoms with Crippen LogP contribution in [0.3, 0.4) is 0 Å². The lowest BCUT2D eigenvalue weighted by atomic mass is 10.2. The van der Waals surface area contributed by atoms with Crippen molar-refractivity contribution in [2.45, 2.75) is 12.3 Å². The van der Waals surface area contributed by atoms with Gasteiger partial charge in [-0.05, 0) is 24.3 Å². The maximum atomic E-state index is 12.4. The zero-order valence-corrected chi connectivity index (χ0v) is 12.9. The average molecular weight is 356 g/mol. The van der Waals surface area contributed by atoms with Crippen molar-refractivity contribution >= 4 is 5.91 Å². The first-order valence-corrected chi connectivity index (χ1v) is 7.21. The summed E-state index contributed by atoms with van der Waals surface area (Å²) >= 11 is 0. The van der Waals surface area contributed by atoms with Crippen molar-refractivity contribution in [1.29, 1.82) is 0 Å². The van der Waals surface area contributed by atoms with Gasteiger partial charge in [-0.2, -0.15) is 17.9 Å². The number of amides is 1. The summed E-state index contributed by atoms with van der Waals surface area (Å²) in [5.41, 5.74) is -0.544. The van der Waals surface area contributed by atoms with Gasteiger partial charge in [0.15, 0.2) is 12.4 Å². The highest BCUT2D eigenvalue weighted by Gasteiger charge is 2.30. The number of halogens is 3. The zero-order valence-electron chi connectivity index (χ0n) is 12.9. The van der Waals surface area contributed by atoms with Gasteiger partial charge in [0.05, 0.1) is 11.1 Å². The lowest BCUT2D eigenvalue weighted by Crippen LogP contribution is -2.35. The minimum atomic E-state index is -4.43. The largest absolute Gasteiger partial charge is 0.619 e. The molecule has 0 fully saturated rings. The van der Waals surface area contributed by atoms with Gasteiger partial charge in [-0.25, -0.2) is 0 Å². The topological polar surface area (TPSA) is 85.5 Å². The van der Waals surface area contributed by atoms with Crippen LogP contribution in [0.15, 0.2) is 48.8 Å². The highest BCUT2D eigenvalue weighted by molar-refractivity contribution is 5.93. The minimum absolute atomic E-state index is 0.119. The number of alkyl halides is 3. The molecule has 1 aromatic carbocycles. The van der Waals surface area contributed by atoms with E-state index in [2.05, 4.69) is 5.32 Å². The fourth-order valence-corrected chi connectivity index (χ4v) is 1.87. The fraction of sp³-hybridized carbons (Fsp3) is 0.250. The number of aliphatic hydroxyl groups excluding tert-OH is 1. The van der Waals surface area contributed by atoms with E-state index < -0.39 is 23.8 Å². The number of carbonyl (C=O) groups is 1. The van der Waals surface area contributed by atoms with E-state index in [1.807, 2.05) is 0 Å². The third-order valence-corrected chi connectivity index (χ3v) is 3.19. The SMILES string of the molecule is O=C(NCC(O)COc1ccc(C(F)(F)F)cc1)c1cc[n+]([O-])cc1. The Kier molecular flexibility index (Phi) is 5.81. The Morgan fingerprint density at radius 2 is 1.80 bits per heavy atom. The first-order chi connectivity index (χ1) is 11.8. The lowest BCUT2D eigenvalue weighted by Gasteiger charge is -2.14. The van der Waals surface area contributed by atoms with Gasteiger partial charge in [-0.3, -0.25) is 4.79 Å². The summed E-state index contributed by atoms with van der Waals surface area (Å²) in [6.45, 7) is -0.327. The molecule has 2 aromatic rings. The highest BCUT2D eigenvalue weighted by Crippen LogP contribution is 2.30. The normalized spacial score (nSPS) is 12.5. The molecular formula is C16H15F3N2O4. The van der Waals surface area contributed by atoms with E-state index in [9.17, 15) is 28.3 Å². The van der Waals surface area contributed by atoms with Crippen LogP contribution < -0.4 is 14.8 Å². The summed E-state index contributed by atoms with van der Waals surface area (Å²) < 4.78 is 43.0. The number of benzene rings is 1. The Labute approximate surface area is 141 Å². The second kappa shape index (κ2) is 7.84. The molecule has 1 aromatic heterocycles. The van der Waals surface area contributed by atoms with Crippen LogP contribution in [0.1, 0.15) is 15.9 Å². The van der Waals surface area contributed by atoms with Crippen molar-refractivity contribution in [2.24, 2.45) is 0 Å². The maximum Gasteiger partial charge on any atom is 0.416 e. The molecule has 9 heteroatoms. The van der Waals surface area contributed by atoms with Crippen molar-refractivity contribution in [3.63, 3.8) is 0 Å². The van der Waals surface area contributed by atoms with Gasteiger partial charge in [0.25, 0.3) is 5.91 Å². The van der Waals surface area contributed by atoms with Crippen molar-refractivity contribution < 1.29 is 32.5 Å². The van der Waals surface area contributed by atoms with Crippen LogP contribution in [-0.2, 0) is 6.18 Å². The molecule has 0 saturated carbocycles. The summed E-state index contributed by atoms with van der Waals surface area (Å²) in [7, 11) is 0. The van der Waals surface area contributed by atoms with Gasteiger partial charge in [-0.1, -0.05) is 0 Å². The molecule has 1 heterocycles. The summed E-state index contributed by atoms with van der Waals surface area (Å²) in [6, 6.07) is 6.70. The van der Waals surface area contributed by atoms with Crippen molar-refractivity contribution in [1.82, 2.24) is 5.32 Å². The van der Waals surface area contributed by atoms with Gasteiger partial charge < -0.3 is 20.4 Å². The van der Waals surface area contributed by atoms with Gasteiger partial charge in [0, 0.05) is 18.7 Å². The van der Waals surface area contributed by atoms with Crippen LogP contribution >= 0.6 is 0 Å². The van der Waals surface area contributed by atoms with E-state index >= 15 is 0 Å². The number of aliphatic hydroxyl groups is 1. The molecule has 2 N–H and O–H groups in total. The monoisotopic (exact) mass is 356 g/mol. The Morgan fingerprint density at radius 1 is 1.20 bits per heavy atom. The van der Waals surface area contributed by atoms with Crippen LogP contribution in [0, 0.1) is 5.21 Å². The molecule has 1 amide bonds. The molecule has 1 atom stereocenters. The number of rotatable bonds is 6. The number of aromatic nitrogens is 1. The number of nitrogens with zero attached hydrogens (tertiary/aromatic N) is 1. The van der Waals surface area contributed by atoms with Crippen LogP contribution in [0.25, 0.3) is 0 Å². The van der Waals surface area contributed by atoms with E-state index in [4.69, 9.17) is 4.74 Å². The number of carbonyl (C=O) groups excluding carboxylic acids is 1. The standard InChI is InChI=1S/C16H15F3N2O4/c17-16(18,19)12-1-3-14(4-2-12)25-10-13(22)9-20-15(23)11-5-7-21(24)8-6-11/h1-8,13,22H,9-10H2,(H,20,23). The number of nitrogens with one attached hydrogen (secondary N) is 1. The Hall–Kier alpha value is -2.81. The van der Waals surface area contributed by atoms with Crippen LogP contribution in [0.2, 0.25) is 0 Å². The third-order valence-electron chi connectivity index (χ3n) is 3.19. The molecule has 0 radical (unpaired) electrons. The summed E-state index contributed by atoms with van der Waals surface area (Å²) in [6.07, 6.45) is -3.15. The fourth-order valence-electron chi connectivity index (χ4n) is 1.87. The zero-order chi connectivity index (χ0) is 18.4. The summed E-state index contributed by atoms with van der Waals surface area (Å²) in [5.74, 6) is -0.310. The molecule has 25 heavy (non-hydrogen) atoms. The van der Waals surface area contributed by atoms with Gasteiger partial charge in [-0.15, -0.1) is 0 Å². The molecule has 1 unspecified atom stereocenters. The summed E-state index contributed by atoms with van der Waals surface area (Å²) in [4.78, 5) is 11.8. The van der Waals surface area contributed by atoms with Crippen LogP contribution in [0.5, 0.6) is 5.75 Å². The number of hydrogen-bond donors (Lipinski definition) is 2. The second-order valence-corrected chi connectivity index (χ2v) is 5.14. The molecule has 0 aliphatic carbocycles. The van der Waals surface area contributed by atoms with Gasteiger partial charge in [0.2, 0.25) is 0 Å². The molecular weight excluding hydrogens is 341 g/mol. The Balaban J connectivity index is 1.77. The molecule has 0 spiro atoms. The van der Waals surface area contributed by atoms with Crippen LogP contribution in [0.4, 0.5) is 13.2 Å². The second-order valence-electron chi connectivity index (χ2n) is 5.14. The van der Waals surface area contributed by atoms with E-state index in [1.165, 1.54) is 24.5 Å². The maximum absolute atomic E-state index is 12.4. The van der Waals surface area contributed by atoms with Crippen LogP contribution in [-0.4, -0.2) is 30.3 Å². The van der Waals surface area contributed by atoms with E-state index in [0.29, 0.717) is 4.73 Å². The van der Waals surface area contributed by atoms with Crippen molar-refractivity contribution in [3.8, 4) is 5.75 Å². The lowest BCUT2D eigenvalue weighted by molar-refractivity contribution is -0.605. The molecule has 0 aliphatic rings. The number of pyridine rings is 1. The Bertz CT molecular complexity index is 703. The predicted molar refractivity (Wildman–Crippen MR) is 80.7 cm³/mol. The molecule has 0 aliphatic heterocycles. The first-order valence-electron chi connectivity index (χ1n) is 7.21. The number of ether oxygens (including phenoxy) is 1. The third kappa shape index (κ3) is 5.64. The first kappa shape index (κ1) is 18.5. The highest BCUT2D eigenvalue weighted by atomic mass is 19.4. The van der Waals surface area contributed by atoms with E-state index in [0.717, 1.165) is 24.3 Å². The molecule has 2 rings (SSSR count). The Morgan fingerprint density at radius 3 is 2.36 bits per heavy atom. The van der Waals surface area contributed by atoms with E-state index in [1.54, 1.807) is 0 Å². The number of hydrogen-bond acceptors (Lipinski definition) is 4. The van der Waals surface area contributed by atoms with E-state index in [-0.39, 0.29) is 24.5 Å². The average Bonchev–Trinajstić information content (AvgIpc) is 2.58. The molecule has 134 valence electrons. The molecule has 0 bridgehead atoms. The quantitative estimate of drug-likeness (QED) is 0.607. The smallest absolute Gasteiger partial charge is 0.416 e. The van der Waals surface area contributed by atoms with Gasteiger partial charge in [0.1, 0.15) is 18.5 Å². The molecule has 0 saturated heterocycles. The molecule has 6 nitrogen and oxygen atoms in total. The predicted octanol–water partition coefficient (Wildman–Crippen LogP) is 1.51. The summed E-state index contributed by atoms with van der Waals surface area (Å²) in [5, 5.41) is 23.1. The van der Waals surface area contributed by atoms with Crippen molar-refractivity contribution in [2.75, 3.05) is 13.2 Å². The van der Waals surface area contributed by atoms with Crippen molar-refractivity contribution in [3.05, 3.63) is 65.1 Å². The van der Waals surface area contributed by atoms with Gasteiger partial charge >= 0.3 is 6.18 Å². The minimum Gasteiger partial charge on any atom is -0.619 e.